The van der Waals surface area contributed by atoms with Gasteiger partial charge in [0.1, 0.15) is 5.75 Å². The van der Waals surface area contributed by atoms with Crippen LogP contribution in [0.15, 0.2) is 48.5 Å². The van der Waals surface area contributed by atoms with E-state index in [1.54, 1.807) is 55.5 Å². The highest BCUT2D eigenvalue weighted by atomic mass is 35.5. The summed E-state index contributed by atoms with van der Waals surface area (Å²) >= 11 is 5.81. The van der Waals surface area contributed by atoms with Crippen molar-refractivity contribution in [3.05, 3.63) is 59.1 Å². The van der Waals surface area contributed by atoms with Gasteiger partial charge in [-0.1, -0.05) is 18.5 Å². The predicted molar refractivity (Wildman–Crippen MR) is 97.2 cm³/mol. The first-order valence-corrected chi connectivity index (χ1v) is 8.37. The van der Waals surface area contributed by atoms with Crippen molar-refractivity contribution in [1.82, 2.24) is 0 Å². The molecule has 2 aromatic rings. The Morgan fingerprint density at radius 1 is 1.08 bits per heavy atom. The minimum absolute atomic E-state index is 0.246. The summed E-state index contributed by atoms with van der Waals surface area (Å²) in [4.78, 5) is 23.9. The molecule has 0 heterocycles. The van der Waals surface area contributed by atoms with E-state index < -0.39 is 12.1 Å². The van der Waals surface area contributed by atoms with Crippen LogP contribution in [0, 0.1) is 0 Å². The quantitative estimate of drug-likeness (QED) is 0.746. The van der Waals surface area contributed by atoms with Crippen LogP contribution >= 0.6 is 11.6 Å². The van der Waals surface area contributed by atoms with Gasteiger partial charge in [0, 0.05) is 16.3 Å². The molecule has 5 nitrogen and oxygen atoms in total. The number of hydrogen-bond donors (Lipinski definition) is 1. The van der Waals surface area contributed by atoms with Crippen LogP contribution in [0.2, 0.25) is 5.02 Å². The van der Waals surface area contributed by atoms with E-state index in [0.717, 1.165) is 6.42 Å². The number of carbonyl (C=O) groups excluding carboxylic acids is 2. The second-order valence-corrected chi connectivity index (χ2v) is 5.85. The van der Waals surface area contributed by atoms with E-state index in [9.17, 15) is 9.59 Å². The van der Waals surface area contributed by atoms with Crippen molar-refractivity contribution < 1.29 is 19.1 Å². The van der Waals surface area contributed by atoms with E-state index in [1.807, 2.05) is 6.92 Å². The number of amides is 1. The Bertz CT molecular complexity index is 713. The van der Waals surface area contributed by atoms with Crippen LogP contribution in [0.25, 0.3) is 0 Å². The fourth-order valence-corrected chi connectivity index (χ4v) is 2.12. The van der Waals surface area contributed by atoms with E-state index in [-0.39, 0.29) is 5.91 Å². The smallest absolute Gasteiger partial charge is 0.347 e. The zero-order valence-corrected chi connectivity index (χ0v) is 14.9. The van der Waals surface area contributed by atoms with Gasteiger partial charge in [-0.3, -0.25) is 4.79 Å². The number of ether oxygens (including phenoxy) is 2. The van der Waals surface area contributed by atoms with Crippen molar-refractivity contribution in [2.45, 2.75) is 26.4 Å². The molecule has 0 unspecified atom stereocenters. The molecule has 2 aromatic carbocycles. The van der Waals surface area contributed by atoms with Crippen molar-refractivity contribution >= 4 is 29.2 Å². The monoisotopic (exact) mass is 361 g/mol. The van der Waals surface area contributed by atoms with Gasteiger partial charge in [-0.15, -0.1) is 0 Å². The summed E-state index contributed by atoms with van der Waals surface area (Å²) in [6, 6.07) is 13.4. The molecule has 6 heteroatoms. The van der Waals surface area contributed by atoms with Crippen LogP contribution in [-0.4, -0.2) is 24.6 Å². The SMILES string of the molecule is CCCOC(=O)[C@@H](C)Oc1ccc(C(=O)Nc2ccc(Cl)cc2)cc1. The molecule has 1 amide bonds. The molecule has 132 valence electrons. The molecule has 2 rings (SSSR count). The minimum Gasteiger partial charge on any atom is -0.479 e. The summed E-state index contributed by atoms with van der Waals surface area (Å²) < 4.78 is 10.5. The lowest BCUT2D eigenvalue weighted by Crippen LogP contribution is -2.26. The first-order valence-electron chi connectivity index (χ1n) is 8.00. The molecule has 0 saturated heterocycles. The Labute approximate surface area is 151 Å². The van der Waals surface area contributed by atoms with Crippen LogP contribution in [0.4, 0.5) is 5.69 Å². The molecule has 0 aliphatic rings. The first-order chi connectivity index (χ1) is 12.0. The lowest BCUT2D eigenvalue weighted by molar-refractivity contribution is -0.151. The van der Waals surface area contributed by atoms with Gasteiger partial charge in [0.15, 0.2) is 6.10 Å². The number of anilines is 1. The lowest BCUT2D eigenvalue weighted by Gasteiger charge is -2.14. The predicted octanol–water partition coefficient (Wildman–Crippen LogP) is 4.31. The summed E-state index contributed by atoms with van der Waals surface area (Å²) in [6.45, 7) is 3.92. The molecular weight excluding hydrogens is 342 g/mol. The number of esters is 1. The van der Waals surface area contributed by atoms with Crippen LogP contribution in [0.3, 0.4) is 0 Å². The van der Waals surface area contributed by atoms with Gasteiger partial charge in [-0.2, -0.15) is 0 Å². The van der Waals surface area contributed by atoms with Crippen molar-refractivity contribution in [1.29, 1.82) is 0 Å². The van der Waals surface area contributed by atoms with Gasteiger partial charge < -0.3 is 14.8 Å². The highest BCUT2D eigenvalue weighted by Crippen LogP contribution is 2.17. The highest BCUT2D eigenvalue weighted by molar-refractivity contribution is 6.30. The van der Waals surface area contributed by atoms with Crippen molar-refractivity contribution in [3.8, 4) is 5.75 Å². The maximum absolute atomic E-state index is 12.2. The molecule has 1 atom stereocenters. The van der Waals surface area contributed by atoms with E-state index in [2.05, 4.69) is 5.32 Å². The Morgan fingerprint density at radius 2 is 1.72 bits per heavy atom. The standard InChI is InChI=1S/C19H20ClNO4/c1-3-12-24-19(23)13(2)25-17-10-4-14(5-11-17)18(22)21-16-8-6-15(20)7-9-16/h4-11,13H,3,12H2,1-2H3,(H,21,22)/t13-/m1/s1. The molecular formula is C19H20ClNO4. The second-order valence-electron chi connectivity index (χ2n) is 5.41. The molecule has 0 aliphatic heterocycles. The minimum atomic E-state index is -0.708. The third-order valence-electron chi connectivity index (χ3n) is 3.31. The summed E-state index contributed by atoms with van der Waals surface area (Å²) in [5, 5.41) is 3.38. The highest BCUT2D eigenvalue weighted by Gasteiger charge is 2.16. The van der Waals surface area contributed by atoms with Crippen LogP contribution < -0.4 is 10.1 Å². The van der Waals surface area contributed by atoms with E-state index in [1.165, 1.54) is 0 Å². The lowest BCUT2D eigenvalue weighted by atomic mass is 10.2. The number of rotatable bonds is 7. The average Bonchev–Trinajstić information content (AvgIpc) is 2.62. The number of carbonyl (C=O) groups is 2. The molecule has 0 spiro atoms. The van der Waals surface area contributed by atoms with Crippen molar-refractivity contribution in [2.75, 3.05) is 11.9 Å². The molecule has 0 aromatic heterocycles. The molecule has 1 N–H and O–H groups in total. The number of halogens is 1. The van der Waals surface area contributed by atoms with E-state index >= 15 is 0 Å². The maximum Gasteiger partial charge on any atom is 0.347 e. The molecule has 0 radical (unpaired) electrons. The number of benzene rings is 2. The largest absolute Gasteiger partial charge is 0.479 e. The van der Waals surface area contributed by atoms with Gasteiger partial charge >= 0.3 is 5.97 Å². The molecule has 0 fully saturated rings. The third-order valence-corrected chi connectivity index (χ3v) is 3.56. The third kappa shape index (κ3) is 5.80. The van der Waals surface area contributed by atoms with E-state index in [4.69, 9.17) is 21.1 Å². The van der Waals surface area contributed by atoms with Gasteiger partial charge in [-0.25, -0.2) is 4.79 Å². The van der Waals surface area contributed by atoms with Crippen LogP contribution in [-0.2, 0) is 9.53 Å². The Morgan fingerprint density at radius 3 is 2.32 bits per heavy atom. The van der Waals surface area contributed by atoms with Gasteiger partial charge in [0.25, 0.3) is 5.91 Å². The Balaban J connectivity index is 1.93. The molecule has 25 heavy (non-hydrogen) atoms. The van der Waals surface area contributed by atoms with Gasteiger partial charge in [0.05, 0.1) is 6.61 Å². The van der Waals surface area contributed by atoms with Crippen molar-refractivity contribution in [3.63, 3.8) is 0 Å². The summed E-state index contributed by atoms with van der Waals surface area (Å²) in [5.74, 6) is -0.167. The summed E-state index contributed by atoms with van der Waals surface area (Å²) in [5.41, 5.74) is 1.13. The topological polar surface area (TPSA) is 64.6 Å². The number of hydrogen-bond acceptors (Lipinski definition) is 4. The number of nitrogens with one attached hydrogen (secondary N) is 1. The van der Waals surface area contributed by atoms with Gasteiger partial charge in [0.2, 0.25) is 0 Å². The fourth-order valence-electron chi connectivity index (χ4n) is 1.99. The Hall–Kier alpha value is -2.53. The van der Waals surface area contributed by atoms with Crippen LogP contribution in [0.1, 0.15) is 30.6 Å². The first kappa shape index (κ1) is 18.8. The van der Waals surface area contributed by atoms with Crippen molar-refractivity contribution in [2.24, 2.45) is 0 Å². The normalized spacial score (nSPS) is 11.5. The second kappa shape index (κ2) is 9.08. The molecule has 0 saturated carbocycles. The van der Waals surface area contributed by atoms with Crippen LogP contribution in [0.5, 0.6) is 5.75 Å². The Kier molecular flexibility index (Phi) is 6.83. The van der Waals surface area contributed by atoms with E-state index in [0.29, 0.717) is 28.6 Å². The summed E-state index contributed by atoms with van der Waals surface area (Å²) in [7, 11) is 0. The zero-order chi connectivity index (χ0) is 18.2. The molecule has 0 aliphatic carbocycles. The zero-order valence-electron chi connectivity index (χ0n) is 14.1. The average molecular weight is 362 g/mol. The molecule has 0 bridgehead atoms. The van der Waals surface area contributed by atoms with Gasteiger partial charge in [-0.05, 0) is 61.9 Å². The summed E-state index contributed by atoms with van der Waals surface area (Å²) in [6.07, 6.45) is 0.0517. The maximum atomic E-state index is 12.2. The fraction of sp³-hybridized carbons (Fsp3) is 0.263.